The van der Waals surface area contributed by atoms with E-state index in [0.717, 1.165) is 5.56 Å². The molecule has 2 N–H and O–H groups in total. The Kier molecular flexibility index (Phi) is 2.30. The summed E-state index contributed by atoms with van der Waals surface area (Å²) in [5, 5.41) is 8.65. The fourth-order valence-corrected chi connectivity index (χ4v) is 1.24. The third-order valence-corrected chi connectivity index (χ3v) is 1.97. The summed E-state index contributed by atoms with van der Waals surface area (Å²) in [7, 11) is 0. The van der Waals surface area contributed by atoms with E-state index in [9.17, 15) is 0 Å². The number of aromatic nitrogens is 2. The number of nitrogen functional groups attached to an aromatic ring is 1. The van der Waals surface area contributed by atoms with E-state index in [1.165, 1.54) is 0 Å². The van der Waals surface area contributed by atoms with Crippen LogP contribution in [0.4, 0.5) is 5.82 Å². The first-order valence-electron chi connectivity index (χ1n) is 4.39. The first kappa shape index (κ1) is 9.16. The Morgan fingerprint density at radius 3 is 2.53 bits per heavy atom. The van der Waals surface area contributed by atoms with Gasteiger partial charge in [-0.25, -0.2) is 9.97 Å². The second kappa shape index (κ2) is 3.76. The van der Waals surface area contributed by atoms with Crippen LogP contribution in [0.25, 0.3) is 11.3 Å². The normalized spacial score (nSPS) is 9.53. The van der Waals surface area contributed by atoms with E-state index in [1.807, 2.05) is 36.4 Å². The van der Waals surface area contributed by atoms with Gasteiger partial charge in [0.2, 0.25) is 0 Å². The van der Waals surface area contributed by atoms with Gasteiger partial charge in [0.15, 0.2) is 11.5 Å². The molecular formula is C11H8N4. The first-order chi connectivity index (χ1) is 7.31. The largest absolute Gasteiger partial charge is 0.381 e. The van der Waals surface area contributed by atoms with Gasteiger partial charge in [0.1, 0.15) is 6.07 Å². The molecule has 0 saturated carbocycles. The van der Waals surface area contributed by atoms with Crippen LogP contribution in [0.1, 0.15) is 5.69 Å². The van der Waals surface area contributed by atoms with Crippen LogP contribution in [0.15, 0.2) is 36.5 Å². The molecule has 0 amide bonds. The lowest BCUT2D eigenvalue weighted by atomic mass is 10.2. The molecule has 0 aliphatic carbocycles. The molecule has 15 heavy (non-hydrogen) atoms. The Morgan fingerprint density at radius 2 is 1.93 bits per heavy atom. The summed E-state index contributed by atoms with van der Waals surface area (Å²) in [5.41, 5.74) is 7.34. The van der Waals surface area contributed by atoms with E-state index in [0.29, 0.717) is 5.69 Å². The molecular weight excluding hydrogens is 188 g/mol. The second-order valence-corrected chi connectivity index (χ2v) is 2.97. The van der Waals surface area contributed by atoms with Gasteiger partial charge in [-0.15, -0.1) is 0 Å². The van der Waals surface area contributed by atoms with Gasteiger partial charge in [0.25, 0.3) is 0 Å². The van der Waals surface area contributed by atoms with Crippen LogP contribution in [0.3, 0.4) is 0 Å². The van der Waals surface area contributed by atoms with E-state index in [2.05, 4.69) is 9.97 Å². The SMILES string of the molecule is N#Cc1ncc(-c2ccccc2)nc1N. The lowest BCUT2D eigenvalue weighted by Gasteiger charge is -2.01. The van der Waals surface area contributed by atoms with Crippen molar-refractivity contribution in [3.8, 4) is 17.3 Å². The average Bonchev–Trinajstić information content (AvgIpc) is 2.30. The summed E-state index contributed by atoms with van der Waals surface area (Å²) in [6, 6.07) is 11.4. The molecule has 72 valence electrons. The molecule has 1 heterocycles. The van der Waals surface area contributed by atoms with Gasteiger partial charge in [-0.1, -0.05) is 30.3 Å². The molecule has 1 aromatic heterocycles. The molecule has 0 atom stereocenters. The van der Waals surface area contributed by atoms with Gasteiger partial charge in [0.05, 0.1) is 11.9 Å². The molecule has 2 rings (SSSR count). The predicted octanol–water partition coefficient (Wildman–Crippen LogP) is 1.60. The maximum Gasteiger partial charge on any atom is 0.182 e. The molecule has 0 unspecified atom stereocenters. The molecule has 2 aromatic rings. The molecule has 0 aliphatic heterocycles. The van der Waals surface area contributed by atoms with Crippen LogP contribution in [0, 0.1) is 11.3 Å². The highest BCUT2D eigenvalue weighted by molar-refractivity contribution is 5.60. The topological polar surface area (TPSA) is 75.6 Å². The Bertz CT molecular complexity index is 514. The zero-order valence-electron chi connectivity index (χ0n) is 7.88. The van der Waals surface area contributed by atoms with Crippen molar-refractivity contribution in [2.75, 3.05) is 5.73 Å². The minimum absolute atomic E-state index is 0.162. The van der Waals surface area contributed by atoms with Crippen molar-refractivity contribution in [1.29, 1.82) is 5.26 Å². The van der Waals surface area contributed by atoms with Crippen LogP contribution in [-0.2, 0) is 0 Å². The Labute approximate surface area is 87.0 Å². The van der Waals surface area contributed by atoms with Crippen molar-refractivity contribution >= 4 is 5.82 Å². The van der Waals surface area contributed by atoms with E-state index in [4.69, 9.17) is 11.0 Å². The smallest absolute Gasteiger partial charge is 0.182 e. The van der Waals surface area contributed by atoms with Gasteiger partial charge < -0.3 is 5.73 Å². The van der Waals surface area contributed by atoms with Gasteiger partial charge in [0, 0.05) is 5.56 Å². The van der Waals surface area contributed by atoms with Crippen molar-refractivity contribution in [1.82, 2.24) is 9.97 Å². The first-order valence-corrected chi connectivity index (χ1v) is 4.39. The lowest BCUT2D eigenvalue weighted by molar-refractivity contribution is 1.18. The van der Waals surface area contributed by atoms with Crippen molar-refractivity contribution in [2.24, 2.45) is 0 Å². The summed E-state index contributed by atoms with van der Waals surface area (Å²) in [4.78, 5) is 8.03. The van der Waals surface area contributed by atoms with Crippen LogP contribution in [0.2, 0.25) is 0 Å². The number of hydrogen-bond acceptors (Lipinski definition) is 4. The number of nitrogens with zero attached hydrogens (tertiary/aromatic N) is 3. The fourth-order valence-electron chi connectivity index (χ4n) is 1.24. The van der Waals surface area contributed by atoms with Crippen LogP contribution >= 0.6 is 0 Å². The molecule has 0 aliphatic rings. The molecule has 0 saturated heterocycles. The number of hydrogen-bond donors (Lipinski definition) is 1. The summed E-state index contributed by atoms with van der Waals surface area (Å²) in [6.45, 7) is 0. The molecule has 1 aromatic carbocycles. The summed E-state index contributed by atoms with van der Waals surface area (Å²) in [6.07, 6.45) is 1.55. The van der Waals surface area contributed by atoms with Crippen molar-refractivity contribution < 1.29 is 0 Å². The molecule has 0 radical (unpaired) electrons. The lowest BCUT2D eigenvalue weighted by Crippen LogP contribution is -1.98. The van der Waals surface area contributed by atoms with E-state index < -0.39 is 0 Å². The third-order valence-electron chi connectivity index (χ3n) is 1.97. The number of rotatable bonds is 1. The number of anilines is 1. The van der Waals surface area contributed by atoms with Gasteiger partial charge >= 0.3 is 0 Å². The van der Waals surface area contributed by atoms with E-state index >= 15 is 0 Å². The highest BCUT2D eigenvalue weighted by Crippen LogP contribution is 2.17. The minimum atomic E-state index is 0.162. The maximum atomic E-state index is 8.65. The van der Waals surface area contributed by atoms with Crippen molar-refractivity contribution in [2.45, 2.75) is 0 Å². The second-order valence-electron chi connectivity index (χ2n) is 2.97. The van der Waals surface area contributed by atoms with Crippen LogP contribution < -0.4 is 5.73 Å². The third kappa shape index (κ3) is 1.76. The number of nitrogens with two attached hydrogens (primary N) is 1. The average molecular weight is 196 g/mol. The molecule has 4 nitrogen and oxygen atoms in total. The van der Waals surface area contributed by atoms with Gasteiger partial charge in [-0.3, -0.25) is 0 Å². The monoisotopic (exact) mass is 196 g/mol. The Balaban J connectivity index is 2.49. The minimum Gasteiger partial charge on any atom is -0.381 e. The van der Waals surface area contributed by atoms with E-state index in [-0.39, 0.29) is 11.5 Å². The zero-order chi connectivity index (χ0) is 10.7. The van der Waals surface area contributed by atoms with Crippen molar-refractivity contribution in [3.05, 3.63) is 42.2 Å². The number of benzene rings is 1. The highest BCUT2D eigenvalue weighted by Gasteiger charge is 2.04. The maximum absolute atomic E-state index is 8.65. The van der Waals surface area contributed by atoms with Crippen molar-refractivity contribution in [3.63, 3.8) is 0 Å². The zero-order valence-corrected chi connectivity index (χ0v) is 7.88. The predicted molar refractivity (Wildman–Crippen MR) is 56.6 cm³/mol. The van der Waals surface area contributed by atoms with Gasteiger partial charge in [-0.05, 0) is 0 Å². The van der Waals surface area contributed by atoms with E-state index in [1.54, 1.807) is 6.20 Å². The van der Waals surface area contributed by atoms with Crippen LogP contribution in [-0.4, -0.2) is 9.97 Å². The standard InChI is InChI=1S/C11H8N4/c12-6-9-11(13)15-10(7-14-9)8-4-2-1-3-5-8/h1-5,7H,(H2,13,15). The summed E-state index contributed by atoms with van der Waals surface area (Å²) < 4.78 is 0. The number of nitriles is 1. The fraction of sp³-hybridized carbons (Fsp3) is 0. The van der Waals surface area contributed by atoms with Crippen LogP contribution in [0.5, 0.6) is 0 Å². The molecule has 0 fully saturated rings. The molecule has 0 spiro atoms. The molecule has 4 heteroatoms. The Hall–Kier alpha value is -2.41. The molecule has 0 bridgehead atoms. The Morgan fingerprint density at radius 1 is 1.20 bits per heavy atom. The van der Waals surface area contributed by atoms with Gasteiger partial charge in [-0.2, -0.15) is 5.26 Å². The summed E-state index contributed by atoms with van der Waals surface area (Å²) in [5.74, 6) is 0.166. The summed E-state index contributed by atoms with van der Waals surface area (Å²) >= 11 is 0. The highest BCUT2D eigenvalue weighted by atomic mass is 14.9. The quantitative estimate of drug-likeness (QED) is 0.751.